The highest BCUT2D eigenvalue weighted by Crippen LogP contribution is 2.20. The van der Waals surface area contributed by atoms with E-state index in [9.17, 15) is 13.6 Å². The number of ether oxygens (including phenoxy) is 1. The van der Waals surface area contributed by atoms with Crippen molar-refractivity contribution in [3.05, 3.63) is 60.0 Å². The van der Waals surface area contributed by atoms with Crippen LogP contribution in [0.1, 0.15) is 16.2 Å². The second-order valence-electron chi connectivity index (χ2n) is 4.93. The zero-order valence-electron chi connectivity index (χ0n) is 12.5. The molecule has 0 aliphatic rings. The maximum Gasteiger partial charge on any atom is 0.387 e. The quantitative estimate of drug-likeness (QED) is 0.752. The number of hydrogen-bond acceptors (Lipinski definition) is 4. The van der Waals surface area contributed by atoms with Crippen LogP contribution in [0.2, 0.25) is 0 Å². The van der Waals surface area contributed by atoms with E-state index in [1.54, 1.807) is 6.07 Å². The van der Waals surface area contributed by atoms with E-state index in [-0.39, 0.29) is 17.9 Å². The van der Waals surface area contributed by atoms with Crippen LogP contribution in [0.5, 0.6) is 5.75 Å². The van der Waals surface area contributed by atoms with Crippen molar-refractivity contribution in [3.8, 4) is 5.75 Å². The van der Waals surface area contributed by atoms with Gasteiger partial charge in [-0.1, -0.05) is 18.2 Å². The van der Waals surface area contributed by atoms with Crippen molar-refractivity contribution < 1.29 is 18.3 Å². The molecule has 0 spiro atoms. The Balaban J connectivity index is 1.64. The predicted molar refractivity (Wildman–Crippen MR) is 82.1 cm³/mol. The first-order chi connectivity index (χ1) is 11.6. The molecule has 0 radical (unpaired) electrons. The van der Waals surface area contributed by atoms with Gasteiger partial charge in [0.2, 0.25) is 0 Å². The molecule has 0 saturated heterocycles. The lowest BCUT2D eigenvalue weighted by molar-refractivity contribution is -0.0501. The third-order valence-corrected chi connectivity index (χ3v) is 3.37. The van der Waals surface area contributed by atoms with E-state index in [4.69, 9.17) is 0 Å². The van der Waals surface area contributed by atoms with Gasteiger partial charge in [-0.15, -0.1) is 10.2 Å². The molecule has 6 nitrogen and oxygen atoms in total. The maximum atomic E-state index is 12.4. The zero-order chi connectivity index (χ0) is 16.9. The largest absolute Gasteiger partial charge is 0.434 e. The zero-order valence-corrected chi connectivity index (χ0v) is 12.5. The highest BCUT2D eigenvalue weighted by molar-refractivity contribution is 5.96. The Morgan fingerprint density at radius 2 is 1.96 bits per heavy atom. The predicted octanol–water partition coefficient (Wildman–Crippen LogP) is 2.30. The van der Waals surface area contributed by atoms with Crippen molar-refractivity contribution in [2.75, 3.05) is 6.54 Å². The lowest BCUT2D eigenvalue weighted by Gasteiger charge is -2.10. The Hall–Kier alpha value is -3.03. The van der Waals surface area contributed by atoms with E-state index in [1.165, 1.54) is 18.2 Å². The first-order valence-corrected chi connectivity index (χ1v) is 7.26. The molecule has 1 N–H and O–H groups in total. The Kier molecular flexibility index (Phi) is 4.64. The van der Waals surface area contributed by atoms with Crippen molar-refractivity contribution >= 4 is 11.6 Å². The average molecular weight is 332 g/mol. The van der Waals surface area contributed by atoms with Gasteiger partial charge in [-0.05, 0) is 24.3 Å². The molecule has 0 unspecified atom stereocenters. The summed E-state index contributed by atoms with van der Waals surface area (Å²) in [7, 11) is 0. The molecule has 2 aromatic heterocycles. The number of fused-ring (bicyclic) bond motifs is 1. The molecule has 3 aromatic rings. The summed E-state index contributed by atoms with van der Waals surface area (Å²) in [6.07, 6.45) is 2.28. The fraction of sp³-hybridized carbons (Fsp3) is 0.188. The lowest BCUT2D eigenvalue weighted by Crippen LogP contribution is -2.27. The number of nitrogens with zero attached hydrogens (tertiary/aromatic N) is 3. The van der Waals surface area contributed by atoms with Crippen LogP contribution >= 0.6 is 0 Å². The van der Waals surface area contributed by atoms with E-state index in [0.717, 1.165) is 5.65 Å². The summed E-state index contributed by atoms with van der Waals surface area (Å²) < 4.78 is 30.9. The molecule has 124 valence electrons. The average Bonchev–Trinajstić information content (AvgIpc) is 2.98. The number of rotatable bonds is 6. The van der Waals surface area contributed by atoms with Gasteiger partial charge in [0.05, 0.1) is 5.56 Å². The summed E-state index contributed by atoms with van der Waals surface area (Å²) >= 11 is 0. The molecule has 3 rings (SSSR count). The maximum absolute atomic E-state index is 12.4. The molecule has 0 bridgehead atoms. The summed E-state index contributed by atoms with van der Waals surface area (Å²) in [6, 6.07) is 11.4. The van der Waals surface area contributed by atoms with Crippen LogP contribution in [-0.4, -0.2) is 33.7 Å². The molecule has 0 saturated carbocycles. The van der Waals surface area contributed by atoms with Crippen LogP contribution in [-0.2, 0) is 6.42 Å². The van der Waals surface area contributed by atoms with Gasteiger partial charge in [-0.3, -0.25) is 9.20 Å². The summed E-state index contributed by atoms with van der Waals surface area (Å²) in [4.78, 5) is 12.2. The lowest BCUT2D eigenvalue weighted by atomic mass is 10.2. The van der Waals surface area contributed by atoms with Crippen LogP contribution in [0, 0.1) is 0 Å². The Bertz CT molecular complexity index is 851. The monoisotopic (exact) mass is 332 g/mol. The molecule has 1 amide bonds. The van der Waals surface area contributed by atoms with Gasteiger partial charge in [0.1, 0.15) is 11.6 Å². The number of amides is 1. The van der Waals surface area contributed by atoms with Crippen LogP contribution in [0.4, 0.5) is 8.78 Å². The van der Waals surface area contributed by atoms with Gasteiger partial charge < -0.3 is 10.1 Å². The first kappa shape index (κ1) is 15.9. The van der Waals surface area contributed by atoms with Crippen molar-refractivity contribution in [3.63, 3.8) is 0 Å². The Labute approximate surface area is 136 Å². The summed E-state index contributed by atoms with van der Waals surface area (Å²) in [5.74, 6) is 0.0565. The summed E-state index contributed by atoms with van der Waals surface area (Å²) in [6.45, 7) is -2.70. The second kappa shape index (κ2) is 7.03. The summed E-state index contributed by atoms with van der Waals surface area (Å²) in [5.41, 5.74) is 0.776. The molecule has 24 heavy (non-hydrogen) atoms. The number of hydrogen-bond donors (Lipinski definition) is 1. The number of alkyl halides is 2. The molecular formula is C16H14F2N4O2. The normalized spacial score (nSPS) is 11.0. The van der Waals surface area contributed by atoms with Crippen molar-refractivity contribution in [2.24, 2.45) is 0 Å². The molecule has 0 fully saturated rings. The number of aromatic nitrogens is 3. The van der Waals surface area contributed by atoms with Crippen LogP contribution in [0.15, 0.2) is 48.7 Å². The molecule has 0 aliphatic heterocycles. The van der Waals surface area contributed by atoms with Gasteiger partial charge in [-0.2, -0.15) is 8.78 Å². The van der Waals surface area contributed by atoms with E-state index >= 15 is 0 Å². The molecule has 1 aromatic carbocycles. The van der Waals surface area contributed by atoms with Gasteiger partial charge in [0.15, 0.2) is 5.65 Å². The second-order valence-corrected chi connectivity index (χ2v) is 4.93. The standard InChI is InChI=1S/C16H14F2N4O2/c17-16(18)24-12-6-2-1-5-11(12)15(23)19-9-8-14-21-20-13-7-3-4-10-22(13)14/h1-7,10,16H,8-9H2,(H,19,23). The number of carbonyl (C=O) groups is 1. The molecular weight excluding hydrogens is 318 g/mol. The fourth-order valence-corrected chi connectivity index (χ4v) is 2.30. The van der Waals surface area contributed by atoms with Gasteiger partial charge in [-0.25, -0.2) is 0 Å². The Morgan fingerprint density at radius 3 is 2.79 bits per heavy atom. The van der Waals surface area contributed by atoms with Crippen LogP contribution in [0.25, 0.3) is 5.65 Å². The number of nitrogens with one attached hydrogen (secondary N) is 1. The van der Waals surface area contributed by atoms with E-state index in [2.05, 4.69) is 20.3 Å². The smallest absolute Gasteiger partial charge is 0.387 e. The van der Waals surface area contributed by atoms with E-state index in [0.29, 0.717) is 12.2 Å². The van der Waals surface area contributed by atoms with Crippen molar-refractivity contribution in [2.45, 2.75) is 13.0 Å². The number of para-hydroxylation sites is 1. The van der Waals surface area contributed by atoms with Crippen molar-refractivity contribution in [1.82, 2.24) is 19.9 Å². The highest BCUT2D eigenvalue weighted by atomic mass is 19.3. The minimum absolute atomic E-state index is 0.0592. The molecule has 0 atom stereocenters. The number of benzene rings is 1. The molecule has 0 aliphatic carbocycles. The van der Waals surface area contributed by atoms with E-state index in [1.807, 2.05) is 28.8 Å². The van der Waals surface area contributed by atoms with Crippen LogP contribution in [0.3, 0.4) is 0 Å². The van der Waals surface area contributed by atoms with Crippen LogP contribution < -0.4 is 10.1 Å². The fourth-order valence-electron chi connectivity index (χ4n) is 2.30. The third-order valence-electron chi connectivity index (χ3n) is 3.37. The van der Waals surface area contributed by atoms with Gasteiger partial charge in [0, 0.05) is 19.2 Å². The molecule has 2 heterocycles. The molecule has 8 heteroatoms. The van der Waals surface area contributed by atoms with Crippen molar-refractivity contribution in [1.29, 1.82) is 0 Å². The minimum Gasteiger partial charge on any atom is -0.434 e. The third kappa shape index (κ3) is 3.48. The van der Waals surface area contributed by atoms with Gasteiger partial charge >= 0.3 is 6.61 Å². The summed E-state index contributed by atoms with van der Waals surface area (Å²) in [5, 5.41) is 10.7. The number of carbonyl (C=O) groups excluding carboxylic acids is 1. The first-order valence-electron chi connectivity index (χ1n) is 7.26. The van der Waals surface area contributed by atoms with Gasteiger partial charge in [0.25, 0.3) is 5.91 Å². The van der Waals surface area contributed by atoms with E-state index < -0.39 is 12.5 Å². The number of pyridine rings is 1. The highest BCUT2D eigenvalue weighted by Gasteiger charge is 2.15. The minimum atomic E-state index is -2.98. The number of halogens is 2. The SMILES string of the molecule is O=C(NCCc1nnc2ccccn12)c1ccccc1OC(F)F. The topological polar surface area (TPSA) is 68.5 Å². The Morgan fingerprint density at radius 1 is 1.17 bits per heavy atom.